The zero-order valence-electron chi connectivity index (χ0n) is 10.3. The first-order chi connectivity index (χ1) is 9.08. The Morgan fingerprint density at radius 1 is 1.37 bits per heavy atom. The zero-order valence-corrected chi connectivity index (χ0v) is 11.0. The predicted octanol–water partition coefficient (Wildman–Crippen LogP) is 2.12. The van der Waals surface area contributed by atoms with Crippen LogP contribution in [0.5, 0.6) is 0 Å². The average Bonchev–Trinajstić information content (AvgIpc) is 2.39. The minimum atomic E-state index is -1.09. The number of halogens is 1. The lowest BCUT2D eigenvalue weighted by Crippen LogP contribution is -2.43. The topological polar surface area (TPSA) is 78.4 Å². The van der Waals surface area contributed by atoms with E-state index in [4.69, 9.17) is 16.7 Å². The number of benzene rings is 1. The SMILES string of the molecule is O=C(O)c1ccc(NC(=O)[C@@H]2CCCCN2)cc1Cl. The zero-order chi connectivity index (χ0) is 13.8. The third kappa shape index (κ3) is 3.45. The van der Waals surface area contributed by atoms with Gasteiger partial charge in [0.2, 0.25) is 5.91 Å². The Morgan fingerprint density at radius 2 is 2.16 bits per heavy atom. The van der Waals surface area contributed by atoms with Gasteiger partial charge in [0.15, 0.2) is 0 Å². The summed E-state index contributed by atoms with van der Waals surface area (Å²) in [5, 5.41) is 14.9. The second-order valence-electron chi connectivity index (χ2n) is 4.49. The van der Waals surface area contributed by atoms with Crippen LogP contribution in [-0.2, 0) is 4.79 Å². The number of anilines is 1. The van der Waals surface area contributed by atoms with Crippen molar-refractivity contribution in [3.63, 3.8) is 0 Å². The molecule has 0 unspecified atom stereocenters. The van der Waals surface area contributed by atoms with Crippen LogP contribution >= 0.6 is 11.6 Å². The molecular formula is C13H15ClN2O3. The number of piperidine rings is 1. The molecule has 0 saturated carbocycles. The van der Waals surface area contributed by atoms with Crippen molar-refractivity contribution in [3.8, 4) is 0 Å². The van der Waals surface area contributed by atoms with Gasteiger partial charge in [0, 0.05) is 5.69 Å². The van der Waals surface area contributed by atoms with Crippen molar-refractivity contribution in [3.05, 3.63) is 28.8 Å². The average molecular weight is 283 g/mol. The second-order valence-corrected chi connectivity index (χ2v) is 4.90. The molecule has 1 aliphatic rings. The number of nitrogens with one attached hydrogen (secondary N) is 2. The van der Waals surface area contributed by atoms with Crippen LogP contribution in [0.3, 0.4) is 0 Å². The highest BCUT2D eigenvalue weighted by Gasteiger charge is 2.20. The number of carbonyl (C=O) groups is 2. The highest BCUT2D eigenvalue weighted by atomic mass is 35.5. The molecule has 1 heterocycles. The van der Waals surface area contributed by atoms with Gasteiger partial charge in [-0.25, -0.2) is 4.79 Å². The van der Waals surface area contributed by atoms with Crippen LogP contribution in [0.15, 0.2) is 18.2 Å². The van der Waals surface area contributed by atoms with Gasteiger partial charge >= 0.3 is 5.97 Å². The Bertz CT molecular complexity index is 499. The Hall–Kier alpha value is -1.59. The summed E-state index contributed by atoms with van der Waals surface area (Å²) in [4.78, 5) is 22.8. The quantitative estimate of drug-likeness (QED) is 0.793. The van der Waals surface area contributed by atoms with Gasteiger partial charge in [0.1, 0.15) is 0 Å². The summed E-state index contributed by atoms with van der Waals surface area (Å²) >= 11 is 5.85. The first-order valence-electron chi connectivity index (χ1n) is 6.15. The largest absolute Gasteiger partial charge is 0.478 e. The normalized spacial score (nSPS) is 18.9. The van der Waals surface area contributed by atoms with E-state index in [1.54, 1.807) is 0 Å². The highest BCUT2D eigenvalue weighted by molar-refractivity contribution is 6.33. The number of rotatable bonds is 3. The summed E-state index contributed by atoms with van der Waals surface area (Å²) in [6.45, 7) is 0.844. The monoisotopic (exact) mass is 282 g/mol. The van der Waals surface area contributed by atoms with Crippen LogP contribution in [0.1, 0.15) is 29.6 Å². The van der Waals surface area contributed by atoms with Gasteiger partial charge in [-0.3, -0.25) is 4.79 Å². The van der Waals surface area contributed by atoms with E-state index < -0.39 is 5.97 Å². The lowest BCUT2D eigenvalue weighted by Gasteiger charge is -2.22. The molecule has 102 valence electrons. The summed E-state index contributed by atoms with van der Waals surface area (Å²) in [7, 11) is 0. The number of carboxylic acid groups (broad SMARTS) is 1. The Kier molecular flexibility index (Phi) is 4.39. The minimum absolute atomic E-state index is 0.0236. The van der Waals surface area contributed by atoms with Crippen molar-refractivity contribution < 1.29 is 14.7 Å². The van der Waals surface area contributed by atoms with Gasteiger partial charge in [-0.15, -0.1) is 0 Å². The molecule has 0 aromatic heterocycles. The van der Waals surface area contributed by atoms with Crippen LogP contribution in [0.25, 0.3) is 0 Å². The van der Waals surface area contributed by atoms with E-state index in [0.717, 1.165) is 25.8 Å². The third-order valence-electron chi connectivity index (χ3n) is 3.09. The number of hydrogen-bond donors (Lipinski definition) is 3. The van der Waals surface area contributed by atoms with Crippen LogP contribution in [0.4, 0.5) is 5.69 Å². The standard InChI is InChI=1S/C13H15ClN2O3/c14-10-7-8(4-5-9(10)13(18)19)16-12(17)11-3-1-2-6-15-11/h4-5,7,11,15H,1-3,6H2,(H,16,17)(H,18,19)/t11-/m0/s1. The maximum absolute atomic E-state index is 12.0. The lowest BCUT2D eigenvalue weighted by molar-refractivity contribution is -0.118. The van der Waals surface area contributed by atoms with Gasteiger partial charge < -0.3 is 15.7 Å². The maximum atomic E-state index is 12.0. The summed E-state index contributed by atoms with van der Waals surface area (Å²) in [5.41, 5.74) is 0.530. The van der Waals surface area contributed by atoms with E-state index in [2.05, 4.69) is 10.6 Å². The van der Waals surface area contributed by atoms with Gasteiger partial charge in [0.05, 0.1) is 16.6 Å². The fourth-order valence-electron chi connectivity index (χ4n) is 2.07. The van der Waals surface area contributed by atoms with Gasteiger partial charge in [-0.2, -0.15) is 0 Å². The third-order valence-corrected chi connectivity index (χ3v) is 3.41. The molecule has 1 aromatic carbocycles. The van der Waals surface area contributed by atoms with Crippen LogP contribution in [0, 0.1) is 0 Å². The number of carboxylic acids is 1. The Morgan fingerprint density at radius 3 is 2.74 bits per heavy atom. The van der Waals surface area contributed by atoms with Crippen molar-refractivity contribution in [2.24, 2.45) is 0 Å². The molecule has 1 saturated heterocycles. The fraction of sp³-hybridized carbons (Fsp3) is 0.385. The Labute approximate surface area is 116 Å². The first kappa shape index (κ1) is 13.8. The van der Waals surface area contributed by atoms with Crippen LogP contribution in [-0.4, -0.2) is 29.6 Å². The molecule has 1 aliphatic heterocycles. The fourth-order valence-corrected chi connectivity index (χ4v) is 2.33. The summed E-state index contributed by atoms with van der Waals surface area (Å²) in [6, 6.07) is 4.18. The molecule has 1 fully saturated rings. The van der Waals surface area contributed by atoms with E-state index in [-0.39, 0.29) is 22.5 Å². The first-order valence-corrected chi connectivity index (χ1v) is 6.53. The van der Waals surface area contributed by atoms with E-state index >= 15 is 0 Å². The van der Waals surface area contributed by atoms with E-state index in [9.17, 15) is 9.59 Å². The molecule has 2 rings (SSSR count). The van der Waals surface area contributed by atoms with Crippen molar-refractivity contribution in [2.45, 2.75) is 25.3 Å². The predicted molar refractivity (Wildman–Crippen MR) is 72.7 cm³/mol. The molecule has 19 heavy (non-hydrogen) atoms. The molecule has 6 heteroatoms. The number of amides is 1. The molecule has 0 aliphatic carbocycles. The molecule has 1 aromatic rings. The van der Waals surface area contributed by atoms with E-state index in [0.29, 0.717) is 5.69 Å². The van der Waals surface area contributed by atoms with Gasteiger partial charge in [0.25, 0.3) is 0 Å². The van der Waals surface area contributed by atoms with Crippen LogP contribution < -0.4 is 10.6 Å². The maximum Gasteiger partial charge on any atom is 0.337 e. The van der Waals surface area contributed by atoms with Crippen LogP contribution in [0.2, 0.25) is 5.02 Å². The molecule has 0 bridgehead atoms. The molecule has 5 nitrogen and oxygen atoms in total. The van der Waals surface area contributed by atoms with Crippen molar-refractivity contribution in [2.75, 3.05) is 11.9 Å². The lowest BCUT2D eigenvalue weighted by atomic mass is 10.0. The van der Waals surface area contributed by atoms with E-state index in [1.807, 2.05) is 0 Å². The summed E-state index contributed by atoms with van der Waals surface area (Å²) in [5.74, 6) is -1.20. The summed E-state index contributed by atoms with van der Waals surface area (Å²) in [6.07, 6.45) is 2.93. The Balaban J connectivity index is 2.04. The molecule has 1 atom stereocenters. The number of carbonyl (C=O) groups excluding carboxylic acids is 1. The van der Waals surface area contributed by atoms with Crippen molar-refractivity contribution >= 4 is 29.2 Å². The minimum Gasteiger partial charge on any atom is -0.478 e. The molecule has 0 radical (unpaired) electrons. The molecule has 1 amide bonds. The van der Waals surface area contributed by atoms with Gasteiger partial charge in [-0.05, 0) is 37.6 Å². The second kappa shape index (κ2) is 6.04. The molecular weight excluding hydrogens is 268 g/mol. The van der Waals surface area contributed by atoms with Crippen molar-refractivity contribution in [1.29, 1.82) is 0 Å². The smallest absolute Gasteiger partial charge is 0.337 e. The van der Waals surface area contributed by atoms with Crippen molar-refractivity contribution in [1.82, 2.24) is 5.32 Å². The van der Waals surface area contributed by atoms with Gasteiger partial charge in [-0.1, -0.05) is 18.0 Å². The van der Waals surface area contributed by atoms with E-state index in [1.165, 1.54) is 18.2 Å². The number of aromatic carboxylic acids is 1. The molecule has 0 spiro atoms. The number of hydrogen-bond acceptors (Lipinski definition) is 3. The summed E-state index contributed by atoms with van der Waals surface area (Å²) < 4.78 is 0. The molecule has 3 N–H and O–H groups in total. The highest BCUT2D eigenvalue weighted by Crippen LogP contribution is 2.21.